The van der Waals surface area contributed by atoms with Crippen molar-refractivity contribution in [2.45, 2.75) is 56.0 Å². The van der Waals surface area contributed by atoms with Gasteiger partial charge in [0.15, 0.2) is 6.20 Å². The van der Waals surface area contributed by atoms with Gasteiger partial charge in [-0.05, 0) is 60.0 Å². The van der Waals surface area contributed by atoms with Crippen LogP contribution in [0, 0.1) is 0 Å². The average Bonchev–Trinajstić information content (AvgIpc) is 0.818. The number of pyridine rings is 1. The van der Waals surface area contributed by atoms with Crippen LogP contribution in [0.25, 0.3) is 10.8 Å². The van der Waals surface area contributed by atoms with Crippen molar-refractivity contribution in [2.24, 2.45) is 0 Å². The van der Waals surface area contributed by atoms with E-state index >= 15 is 0 Å². The first kappa shape index (κ1) is 64.8. The molecule has 0 spiro atoms. The van der Waals surface area contributed by atoms with Crippen LogP contribution in [0.3, 0.4) is 0 Å². The molecule has 1 N–H and O–H groups in total. The third-order valence-corrected chi connectivity index (χ3v) is 13.0. The fourth-order valence-electron chi connectivity index (χ4n) is 9.23. The first-order valence-corrected chi connectivity index (χ1v) is 23.7. The van der Waals surface area contributed by atoms with Crippen LogP contribution in [0.4, 0.5) is 105 Å². The minimum Gasteiger partial charge on any atom is -0.508 e. The van der Waals surface area contributed by atoms with E-state index < -0.39 is 201 Å². The number of Topliss-reactive ketones (excluding diaryl/α,β-unsaturated/α-hetero) is 1. The highest BCUT2D eigenvalue weighted by Gasteiger charge is 2.47. The number of carbonyl (C=O) groups is 2. The van der Waals surface area contributed by atoms with E-state index in [0.29, 0.717) is 22.4 Å². The summed E-state index contributed by atoms with van der Waals surface area (Å²) in [6.45, 7) is 0.00879. The molecular weight excluding hydrogens is 1220 g/mol. The minimum atomic E-state index is -6.13. The number of phenols is 1. The van der Waals surface area contributed by atoms with E-state index in [2.05, 4.69) is 0 Å². The predicted octanol–water partition coefficient (Wildman–Crippen LogP) is 15.1. The Labute approximate surface area is 466 Å². The van der Waals surface area contributed by atoms with Gasteiger partial charge in [0, 0.05) is 11.6 Å². The second-order valence-corrected chi connectivity index (χ2v) is 18.8. The number of fused-ring (bicyclic) bond motifs is 1. The predicted molar refractivity (Wildman–Crippen MR) is 258 cm³/mol. The lowest BCUT2D eigenvalue weighted by atomic mass is 9.12. The molecule has 5 nitrogen and oxygen atoms in total. The monoisotopic (exact) mass is 1250 g/mol. The molecular formula is C56H30BF24NO4. The topological polar surface area (TPSA) is 67.5 Å². The molecule has 30 heteroatoms. The van der Waals surface area contributed by atoms with Gasteiger partial charge in [-0.3, -0.25) is 4.79 Å². The Bertz CT molecular complexity index is 3390. The highest BCUT2D eigenvalue weighted by molar-refractivity contribution is 7.20. The smallest absolute Gasteiger partial charge is 0.416 e. The molecule has 0 atom stereocenters. The van der Waals surface area contributed by atoms with Gasteiger partial charge in [0.1, 0.15) is 17.6 Å². The second kappa shape index (κ2) is 22.9. The number of alkyl halides is 24. The van der Waals surface area contributed by atoms with Gasteiger partial charge >= 0.3 is 55.4 Å². The Kier molecular flexibility index (Phi) is 17.3. The number of esters is 1. The molecule has 0 aliphatic carbocycles. The van der Waals surface area contributed by atoms with Gasteiger partial charge in [-0.1, -0.05) is 97.1 Å². The maximum absolute atomic E-state index is 14.2. The lowest BCUT2D eigenvalue weighted by molar-refractivity contribution is -0.684. The number of phenolic OH excluding ortho intramolecular Hbond substituents is 1. The Morgan fingerprint density at radius 2 is 0.686 bits per heavy atom. The number of benzene rings is 7. The first-order valence-electron chi connectivity index (χ1n) is 23.7. The highest BCUT2D eigenvalue weighted by atomic mass is 19.4. The number of aromatic nitrogens is 1. The van der Waals surface area contributed by atoms with Crippen molar-refractivity contribution in [1.29, 1.82) is 0 Å². The number of halogens is 24. The molecule has 0 bridgehead atoms. The van der Waals surface area contributed by atoms with Gasteiger partial charge < -0.3 is 9.84 Å². The van der Waals surface area contributed by atoms with E-state index in [0.717, 1.165) is 5.39 Å². The minimum absolute atomic E-state index is 0.00879. The summed E-state index contributed by atoms with van der Waals surface area (Å²) in [5.41, 5.74) is -29.3. The number of ketones is 1. The summed E-state index contributed by atoms with van der Waals surface area (Å²) in [7, 11) is 0. The Morgan fingerprint density at radius 3 is 1.00 bits per heavy atom. The molecule has 8 rings (SSSR count). The molecule has 8 aromatic rings. The number of rotatable bonds is 9. The van der Waals surface area contributed by atoms with Crippen LogP contribution in [0.15, 0.2) is 164 Å². The van der Waals surface area contributed by atoms with Gasteiger partial charge in [0.05, 0.1) is 49.9 Å². The Morgan fingerprint density at radius 1 is 0.384 bits per heavy atom. The van der Waals surface area contributed by atoms with E-state index in [-0.39, 0.29) is 18.1 Å². The Hall–Kier alpha value is -8.73. The number of ether oxygens (including phenoxy) is 1. The fourth-order valence-corrected chi connectivity index (χ4v) is 9.23. The van der Waals surface area contributed by atoms with Gasteiger partial charge in [0.25, 0.3) is 5.69 Å². The first-order chi connectivity index (χ1) is 39.4. The van der Waals surface area contributed by atoms with E-state index in [1.165, 1.54) is 24.3 Å². The third kappa shape index (κ3) is 14.5. The summed E-state index contributed by atoms with van der Waals surface area (Å²) in [5.74, 6) is -0.293. The molecule has 0 saturated carbocycles. The summed E-state index contributed by atoms with van der Waals surface area (Å²) >= 11 is 0. The average molecular weight is 1250 g/mol. The van der Waals surface area contributed by atoms with Crippen LogP contribution in [0.2, 0.25) is 0 Å². The molecule has 0 amide bonds. The number of hydrogen-bond donors (Lipinski definition) is 1. The van der Waals surface area contributed by atoms with Crippen molar-refractivity contribution in [3.05, 3.63) is 220 Å². The van der Waals surface area contributed by atoms with Crippen LogP contribution in [-0.4, -0.2) is 23.0 Å². The number of hydrogen-bond acceptors (Lipinski definition) is 4. The maximum atomic E-state index is 14.2. The van der Waals surface area contributed by atoms with E-state index in [9.17, 15) is 120 Å². The third-order valence-electron chi connectivity index (χ3n) is 13.0. The normalized spacial score (nSPS) is 13.1. The van der Waals surface area contributed by atoms with Crippen LogP contribution < -0.4 is 31.2 Å². The van der Waals surface area contributed by atoms with E-state index in [4.69, 9.17) is 4.74 Å². The van der Waals surface area contributed by atoms with Crippen LogP contribution in [0.5, 0.6) is 11.5 Å². The molecule has 0 unspecified atom stereocenters. The second-order valence-electron chi connectivity index (χ2n) is 18.8. The van der Waals surface area contributed by atoms with Crippen LogP contribution in [-0.2, 0) is 56.0 Å². The van der Waals surface area contributed by atoms with Crippen LogP contribution >= 0.6 is 0 Å². The summed E-state index contributed by atoms with van der Waals surface area (Å²) in [6.07, 6.45) is -53.1. The molecule has 1 aromatic heterocycles. The molecule has 86 heavy (non-hydrogen) atoms. The van der Waals surface area contributed by atoms with Crippen molar-refractivity contribution < 1.29 is 129 Å². The largest absolute Gasteiger partial charge is 0.508 e. The van der Waals surface area contributed by atoms with Crippen molar-refractivity contribution in [3.8, 4) is 11.5 Å². The highest BCUT2D eigenvalue weighted by Crippen LogP contribution is 2.42. The molecule has 0 saturated heterocycles. The molecule has 0 radical (unpaired) electrons. The zero-order valence-corrected chi connectivity index (χ0v) is 42.1. The number of carbonyl (C=O) groups excluding carboxylic acids is 2. The number of nitrogens with zero attached hydrogens (tertiary/aromatic N) is 1. The van der Waals surface area contributed by atoms with Gasteiger partial charge in [-0.2, -0.15) is 132 Å². The molecule has 7 aromatic carbocycles. The van der Waals surface area contributed by atoms with Crippen molar-refractivity contribution in [1.82, 2.24) is 0 Å². The fraction of sp³-hybridized carbons (Fsp3) is 0.161. The Balaban J connectivity index is 0.000000302. The van der Waals surface area contributed by atoms with Crippen LogP contribution in [0.1, 0.15) is 65.4 Å². The SMILES string of the molecule is FC(F)(F)c1cc([B-](c2cc(C(F)(F)F)cc(C(F)(F)F)c2)(c2cc(C(F)(F)F)cc(C(F)(F)F)c2)c2cc(C(F)(F)F)cc(C(F)(F)F)c2)cc(C(F)(F)F)c1.O=C(C[n+]1ccc2ccccc2c1C(=O)Oc1ccc(O)cc1)c1ccccc1. The van der Waals surface area contributed by atoms with E-state index in [1.54, 1.807) is 35.0 Å². The number of aromatic hydroxyl groups is 1. The maximum Gasteiger partial charge on any atom is 0.416 e. The standard InChI is InChI=1S/C32H12BF24.C24H17NO4/c34-25(35,36)13-1-14(26(37,38)39)6-21(5-13)33(22-7-15(27(40,41)42)2-16(8-22)28(43,44)45,23-9-17(29(46,47)48)3-18(10-23)30(49,50)51)24-11-19(31(52,53)54)4-20(12-24)32(55,56)57;26-19-10-12-20(13-11-19)29-24(28)23-21-9-5-4-6-17(21)14-15-25(23)16-22(27)18-7-2-1-3-8-18/h1-12H;1-15H,16H2/q-1;/p+1. The quantitative estimate of drug-likeness (QED) is 0.0391. The molecule has 0 aliphatic heterocycles. The zero-order chi connectivity index (χ0) is 64.1. The molecule has 1 heterocycles. The van der Waals surface area contributed by atoms with Gasteiger partial charge in [0.2, 0.25) is 12.3 Å². The van der Waals surface area contributed by atoms with Crippen molar-refractivity contribution in [3.63, 3.8) is 0 Å². The molecule has 0 fully saturated rings. The van der Waals surface area contributed by atoms with Gasteiger partial charge in [-0.25, -0.2) is 4.79 Å². The lowest BCUT2D eigenvalue weighted by Crippen LogP contribution is -2.75. The van der Waals surface area contributed by atoms with Gasteiger partial charge in [-0.15, -0.1) is 0 Å². The summed E-state index contributed by atoms with van der Waals surface area (Å²) < 4.78 is 348. The van der Waals surface area contributed by atoms with Crippen molar-refractivity contribution >= 4 is 50.5 Å². The summed E-state index contributed by atoms with van der Waals surface area (Å²) in [6, 6.07) is 15.4. The lowest BCUT2D eigenvalue weighted by Gasteiger charge is -2.46. The molecule has 454 valence electrons. The summed E-state index contributed by atoms with van der Waals surface area (Å²) in [4.78, 5) is 25.8. The summed E-state index contributed by atoms with van der Waals surface area (Å²) in [5, 5.41) is 11.0. The molecule has 0 aliphatic rings. The zero-order valence-electron chi connectivity index (χ0n) is 42.1. The van der Waals surface area contributed by atoms with E-state index in [1.807, 2.05) is 36.4 Å². The van der Waals surface area contributed by atoms with Crippen molar-refractivity contribution in [2.75, 3.05) is 0 Å².